The lowest BCUT2D eigenvalue weighted by Crippen LogP contribution is -2.48. The number of aromatic nitrogens is 1. The fourth-order valence-corrected chi connectivity index (χ4v) is 3.26. The molecule has 0 spiro atoms. The van der Waals surface area contributed by atoms with Gasteiger partial charge in [-0.1, -0.05) is 30.3 Å². The quantitative estimate of drug-likeness (QED) is 0.941. The minimum atomic E-state index is -0.162. The van der Waals surface area contributed by atoms with Crippen LogP contribution in [0.1, 0.15) is 34.7 Å². The number of carbonyl (C=O) groups is 1. The average molecular weight is 313 g/mol. The van der Waals surface area contributed by atoms with Gasteiger partial charge in [0, 0.05) is 12.0 Å². The topological polar surface area (TPSA) is 58.4 Å². The second-order valence-electron chi connectivity index (χ2n) is 6.39. The van der Waals surface area contributed by atoms with Crippen LogP contribution in [-0.2, 0) is 5.41 Å². The summed E-state index contributed by atoms with van der Waals surface area (Å²) in [6.45, 7) is 4.45. The van der Waals surface area contributed by atoms with E-state index in [-0.39, 0.29) is 11.3 Å². The highest BCUT2D eigenvalue weighted by Gasteiger charge is 2.36. The maximum absolute atomic E-state index is 12.4. The van der Waals surface area contributed by atoms with Crippen molar-refractivity contribution in [2.45, 2.75) is 25.2 Å². The van der Waals surface area contributed by atoms with Gasteiger partial charge in [-0.25, -0.2) is 4.98 Å². The van der Waals surface area contributed by atoms with Crippen LogP contribution in [0.15, 0.2) is 41.1 Å². The summed E-state index contributed by atoms with van der Waals surface area (Å²) in [7, 11) is 2.15. The van der Waals surface area contributed by atoms with Crippen LogP contribution in [0.25, 0.3) is 0 Å². The third-order valence-electron chi connectivity index (χ3n) is 4.88. The molecule has 1 aliphatic heterocycles. The minimum Gasteiger partial charge on any atom is -0.448 e. The third-order valence-corrected chi connectivity index (χ3v) is 4.88. The van der Waals surface area contributed by atoms with E-state index >= 15 is 0 Å². The molecule has 1 aromatic carbocycles. The molecule has 1 N–H and O–H groups in total. The number of aryl methyl sites for hydroxylation is 1. The molecule has 3 rings (SSSR count). The Morgan fingerprint density at radius 2 is 2.00 bits per heavy atom. The second kappa shape index (κ2) is 6.54. The van der Waals surface area contributed by atoms with Crippen molar-refractivity contribution in [3.05, 3.63) is 53.7 Å². The Labute approximate surface area is 136 Å². The van der Waals surface area contributed by atoms with Crippen LogP contribution in [0.2, 0.25) is 0 Å². The van der Waals surface area contributed by atoms with Crippen LogP contribution in [0, 0.1) is 6.92 Å². The summed E-state index contributed by atoms with van der Waals surface area (Å²) < 4.78 is 5.12. The van der Waals surface area contributed by atoms with Gasteiger partial charge in [-0.2, -0.15) is 0 Å². The van der Waals surface area contributed by atoms with Gasteiger partial charge < -0.3 is 14.6 Å². The molecule has 122 valence electrons. The number of benzene rings is 1. The molecule has 1 amide bonds. The fourth-order valence-electron chi connectivity index (χ4n) is 3.26. The number of piperidine rings is 1. The van der Waals surface area contributed by atoms with Crippen LogP contribution < -0.4 is 5.32 Å². The first-order valence-corrected chi connectivity index (χ1v) is 8.03. The SMILES string of the molecule is Cc1ocnc1C(=O)NCC1(c2ccccc2)CCN(C)CC1. The van der Waals surface area contributed by atoms with Gasteiger partial charge in [0.2, 0.25) is 0 Å². The van der Waals surface area contributed by atoms with E-state index in [4.69, 9.17) is 4.42 Å². The van der Waals surface area contributed by atoms with Gasteiger partial charge >= 0.3 is 0 Å². The summed E-state index contributed by atoms with van der Waals surface area (Å²) in [5.74, 6) is 0.394. The van der Waals surface area contributed by atoms with Crippen LogP contribution in [0.3, 0.4) is 0 Å². The molecule has 2 aromatic rings. The first-order chi connectivity index (χ1) is 11.1. The lowest BCUT2D eigenvalue weighted by molar-refractivity contribution is 0.0922. The zero-order valence-corrected chi connectivity index (χ0v) is 13.7. The van der Waals surface area contributed by atoms with Crippen LogP contribution >= 0.6 is 0 Å². The molecule has 1 saturated heterocycles. The first-order valence-electron chi connectivity index (χ1n) is 8.03. The van der Waals surface area contributed by atoms with E-state index in [1.807, 2.05) is 6.07 Å². The zero-order valence-electron chi connectivity index (χ0n) is 13.7. The van der Waals surface area contributed by atoms with Gasteiger partial charge in [0.25, 0.3) is 5.91 Å². The van der Waals surface area contributed by atoms with Gasteiger partial charge in [-0.15, -0.1) is 0 Å². The van der Waals surface area contributed by atoms with Gasteiger partial charge in [0.1, 0.15) is 5.76 Å². The van der Waals surface area contributed by atoms with Gasteiger partial charge in [0.15, 0.2) is 12.1 Å². The predicted octanol–water partition coefficient (Wildman–Crippen LogP) is 2.38. The van der Waals surface area contributed by atoms with Crippen molar-refractivity contribution in [1.29, 1.82) is 0 Å². The molecule has 0 aliphatic carbocycles. The number of rotatable bonds is 4. The number of amides is 1. The largest absolute Gasteiger partial charge is 0.448 e. The molecule has 1 fully saturated rings. The highest BCUT2D eigenvalue weighted by Crippen LogP contribution is 2.34. The number of oxazole rings is 1. The molecule has 5 nitrogen and oxygen atoms in total. The number of hydrogen-bond donors (Lipinski definition) is 1. The second-order valence-corrected chi connectivity index (χ2v) is 6.39. The van der Waals surface area contributed by atoms with E-state index in [1.165, 1.54) is 12.0 Å². The van der Waals surface area contributed by atoms with Crippen molar-refractivity contribution in [3.8, 4) is 0 Å². The molecule has 0 bridgehead atoms. The highest BCUT2D eigenvalue weighted by molar-refractivity contribution is 5.93. The number of carbonyl (C=O) groups excluding carboxylic acids is 1. The van der Waals surface area contributed by atoms with E-state index in [9.17, 15) is 4.79 Å². The maximum Gasteiger partial charge on any atom is 0.273 e. The molecule has 5 heteroatoms. The minimum absolute atomic E-state index is 0.0128. The Kier molecular flexibility index (Phi) is 4.48. The molecular weight excluding hydrogens is 290 g/mol. The van der Waals surface area contributed by atoms with Crippen molar-refractivity contribution in [2.24, 2.45) is 0 Å². The number of nitrogens with one attached hydrogen (secondary N) is 1. The smallest absolute Gasteiger partial charge is 0.273 e. The zero-order chi connectivity index (χ0) is 16.3. The number of hydrogen-bond acceptors (Lipinski definition) is 4. The van der Waals surface area contributed by atoms with Crippen LogP contribution in [-0.4, -0.2) is 42.5 Å². The van der Waals surface area contributed by atoms with E-state index < -0.39 is 0 Å². The summed E-state index contributed by atoms with van der Waals surface area (Å²) in [4.78, 5) is 18.7. The van der Waals surface area contributed by atoms with Gasteiger partial charge in [-0.05, 0) is 45.5 Å². The summed E-state index contributed by atoms with van der Waals surface area (Å²) >= 11 is 0. The third kappa shape index (κ3) is 3.29. The Hall–Kier alpha value is -2.14. The van der Waals surface area contributed by atoms with Crippen molar-refractivity contribution < 1.29 is 9.21 Å². The summed E-state index contributed by atoms with van der Waals surface area (Å²) in [5, 5.41) is 3.07. The lowest BCUT2D eigenvalue weighted by Gasteiger charge is -2.41. The van der Waals surface area contributed by atoms with E-state index in [0.717, 1.165) is 25.9 Å². The van der Waals surface area contributed by atoms with Crippen molar-refractivity contribution in [2.75, 3.05) is 26.7 Å². The Morgan fingerprint density at radius 1 is 1.30 bits per heavy atom. The average Bonchev–Trinajstić information content (AvgIpc) is 3.01. The van der Waals surface area contributed by atoms with Gasteiger partial charge in [0.05, 0.1) is 0 Å². The molecular formula is C18H23N3O2. The lowest BCUT2D eigenvalue weighted by atomic mass is 9.72. The molecule has 1 aliphatic rings. The summed E-state index contributed by atoms with van der Waals surface area (Å²) in [6.07, 6.45) is 3.38. The predicted molar refractivity (Wildman–Crippen MR) is 88.4 cm³/mol. The maximum atomic E-state index is 12.4. The fraction of sp³-hybridized carbons (Fsp3) is 0.444. The van der Waals surface area contributed by atoms with Crippen molar-refractivity contribution >= 4 is 5.91 Å². The molecule has 0 radical (unpaired) electrons. The summed E-state index contributed by atoms with van der Waals surface area (Å²) in [5.41, 5.74) is 1.66. The van der Waals surface area contributed by atoms with E-state index in [0.29, 0.717) is 18.0 Å². The standard InChI is InChI=1S/C18H23N3O2/c1-14-16(20-13-23-14)17(22)19-12-18(8-10-21(2)11-9-18)15-6-4-3-5-7-15/h3-7,13H,8-12H2,1-2H3,(H,19,22). The Morgan fingerprint density at radius 3 is 2.61 bits per heavy atom. The number of likely N-dealkylation sites (tertiary alicyclic amines) is 1. The monoisotopic (exact) mass is 313 g/mol. The number of nitrogens with zero attached hydrogens (tertiary/aromatic N) is 2. The first kappa shape index (κ1) is 15.7. The van der Waals surface area contributed by atoms with E-state index in [1.54, 1.807) is 6.92 Å². The Bertz CT molecular complexity index is 658. The molecule has 2 heterocycles. The van der Waals surface area contributed by atoms with Crippen molar-refractivity contribution in [3.63, 3.8) is 0 Å². The molecule has 0 atom stereocenters. The molecule has 0 saturated carbocycles. The molecule has 23 heavy (non-hydrogen) atoms. The summed E-state index contributed by atoms with van der Waals surface area (Å²) in [6, 6.07) is 10.5. The molecule has 1 aromatic heterocycles. The Balaban J connectivity index is 1.77. The normalized spacial score (nSPS) is 17.8. The van der Waals surface area contributed by atoms with E-state index in [2.05, 4.69) is 46.5 Å². The highest BCUT2D eigenvalue weighted by atomic mass is 16.3. The van der Waals surface area contributed by atoms with Gasteiger partial charge in [-0.3, -0.25) is 4.79 Å². The molecule has 0 unspecified atom stereocenters. The van der Waals surface area contributed by atoms with Crippen LogP contribution in [0.5, 0.6) is 0 Å². The van der Waals surface area contributed by atoms with Crippen LogP contribution in [0.4, 0.5) is 0 Å². The van der Waals surface area contributed by atoms with Crippen molar-refractivity contribution in [1.82, 2.24) is 15.2 Å².